The number of phenolic OH excluding ortho intramolecular Hbond substituents is 1. The number of piperazine rings is 1. The van der Waals surface area contributed by atoms with Gasteiger partial charge in [-0.05, 0) is 42.7 Å². The van der Waals surface area contributed by atoms with Crippen molar-refractivity contribution in [3.63, 3.8) is 0 Å². The lowest BCUT2D eigenvalue weighted by Gasteiger charge is -2.38. The summed E-state index contributed by atoms with van der Waals surface area (Å²) in [5.74, 6) is -1.26. The van der Waals surface area contributed by atoms with Crippen molar-refractivity contribution in [3.8, 4) is 17.1 Å². The number of H-pyrrole nitrogens is 1. The van der Waals surface area contributed by atoms with Crippen LogP contribution in [0.3, 0.4) is 0 Å². The number of likely N-dealkylation sites (tertiary alicyclic amines) is 1. The van der Waals surface area contributed by atoms with Gasteiger partial charge >= 0.3 is 18.0 Å². The van der Waals surface area contributed by atoms with Crippen molar-refractivity contribution in [2.45, 2.75) is 37.6 Å². The molecule has 2 N–H and O–H groups in total. The smallest absolute Gasteiger partial charge is 0.420 e. The van der Waals surface area contributed by atoms with Crippen molar-refractivity contribution in [1.82, 2.24) is 29.5 Å². The van der Waals surface area contributed by atoms with E-state index in [1.807, 2.05) is 42.5 Å². The third-order valence-electron chi connectivity index (χ3n) is 8.74. The maximum Gasteiger partial charge on any atom is 0.420 e. The van der Waals surface area contributed by atoms with Gasteiger partial charge in [-0.15, -0.1) is 5.10 Å². The van der Waals surface area contributed by atoms with Crippen molar-refractivity contribution >= 4 is 29.3 Å². The predicted molar refractivity (Wildman–Crippen MR) is 173 cm³/mol. The molecule has 16 heteroatoms. The number of nitrogens with one attached hydrogen (secondary N) is 1. The number of aromatic nitrogens is 4. The van der Waals surface area contributed by atoms with Crippen LogP contribution in [0.25, 0.3) is 11.4 Å². The molecule has 0 unspecified atom stereocenters. The van der Waals surface area contributed by atoms with Crippen LogP contribution in [0.15, 0.2) is 71.8 Å². The van der Waals surface area contributed by atoms with Crippen LogP contribution >= 0.6 is 11.6 Å². The maximum absolute atomic E-state index is 13.8. The van der Waals surface area contributed by atoms with Crippen LogP contribution in [-0.2, 0) is 22.1 Å². The number of alkyl halides is 3. The fourth-order valence-corrected chi connectivity index (χ4v) is 6.37. The molecule has 2 aromatic carbocycles. The highest BCUT2D eigenvalue weighted by molar-refractivity contribution is 6.32. The highest BCUT2D eigenvalue weighted by atomic mass is 35.5. The molecule has 2 amide bonds. The van der Waals surface area contributed by atoms with Gasteiger partial charge in [0.05, 0.1) is 16.6 Å². The Bertz CT molecular complexity index is 1840. The van der Waals surface area contributed by atoms with E-state index in [-0.39, 0.29) is 43.5 Å². The van der Waals surface area contributed by atoms with Crippen LogP contribution < -0.4 is 10.6 Å². The highest BCUT2D eigenvalue weighted by Gasteiger charge is 2.37. The van der Waals surface area contributed by atoms with Gasteiger partial charge in [0.25, 0.3) is 5.91 Å². The van der Waals surface area contributed by atoms with E-state index in [0.29, 0.717) is 37.8 Å². The number of aromatic hydroxyl groups is 1. The Balaban J connectivity index is 1.16. The predicted octanol–water partition coefficient (Wildman–Crippen LogP) is 4.74. The molecule has 0 spiro atoms. The van der Waals surface area contributed by atoms with E-state index in [1.165, 1.54) is 14.5 Å². The third kappa shape index (κ3) is 7.66. The number of anilines is 1. The van der Waals surface area contributed by atoms with Gasteiger partial charge in [0.2, 0.25) is 0 Å². The molecule has 2 aliphatic heterocycles. The minimum absolute atomic E-state index is 0.0393. The van der Waals surface area contributed by atoms with Crippen molar-refractivity contribution < 1.29 is 32.6 Å². The van der Waals surface area contributed by atoms with Gasteiger partial charge in [-0.25, -0.2) is 14.3 Å². The molecule has 12 nitrogen and oxygen atoms in total. The van der Waals surface area contributed by atoms with Crippen molar-refractivity contribution in [2.24, 2.45) is 0 Å². The molecule has 4 heterocycles. The number of pyridine rings is 1. The van der Waals surface area contributed by atoms with Crippen LogP contribution in [0.2, 0.25) is 5.02 Å². The van der Waals surface area contributed by atoms with Crippen LogP contribution in [0.5, 0.6) is 5.75 Å². The standard InChI is InChI=1S/C33H33ClF3N7O5/c34-26-19-21(18-25(28(26)45)33(35,36)37)20-27(30(46)42-16-14-41(15-17-42)23-6-10-38-11-7-23)49-32(48)43-12-8-24(9-13-43)44-31(47)39-29(40-44)22-4-2-1-3-5-22/h1-7,10-11,18-19,24,27,45H,8-9,12-17,20H2,(H,39,40,47)/t27-/m1/s1. The van der Waals surface area contributed by atoms with Crippen LogP contribution in [-0.4, -0.2) is 92.0 Å². The lowest BCUT2D eigenvalue weighted by Crippen LogP contribution is -2.53. The number of carbonyl (C=O) groups is 2. The Morgan fingerprint density at radius 1 is 0.980 bits per heavy atom. The molecule has 2 saturated heterocycles. The molecule has 6 rings (SSSR count). The Morgan fingerprint density at radius 3 is 2.31 bits per heavy atom. The van der Waals surface area contributed by atoms with Gasteiger partial charge in [-0.3, -0.25) is 14.8 Å². The maximum atomic E-state index is 13.8. The second-order valence-electron chi connectivity index (χ2n) is 11.9. The van der Waals surface area contributed by atoms with E-state index in [0.717, 1.165) is 17.3 Å². The van der Waals surface area contributed by atoms with Crippen molar-refractivity contribution in [3.05, 3.63) is 93.6 Å². The third-order valence-corrected chi connectivity index (χ3v) is 9.03. The molecule has 1 atom stereocenters. The normalized spacial score (nSPS) is 16.4. The molecule has 2 aliphatic rings. The first-order valence-electron chi connectivity index (χ1n) is 15.7. The summed E-state index contributed by atoms with van der Waals surface area (Å²) in [7, 11) is 0. The zero-order valence-electron chi connectivity index (χ0n) is 26.1. The molecule has 49 heavy (non-hydrogen) atoms. The molecule has 0 saturated carbocycles. The quantitative estimate of drug-likeness (QED) is 0.282. The van der Waals surface area contributed by atoms with Gasteiger partial charge in [-0.1, -0.05) is 41.9 Å². The molecule has 2 aromatic heterocycles. The van der Waals surface area contributed by atoms with Crippen LogP contribution in [0.4, 0.5) is 23.7 Å². The number of hydrogen-bond acceptors (Lipinski definition) is 8. The first-order chi connectivity index (χ1) is 23.5. The summed E-state index contributed by atoms with van der Waals surface area (Å²) < 4.78 is 48.1. The molecule has 4 aromatic rings. The minimum atomic E-state index is -4.91. The summed E-state index contributed by atoms with van der Waals surface area (Å²) in [6.07, 6.45) is -3.51. The van der Waals surface area contributed by atoms with E-state index in [9.17, 15) is 32.7 Å². The number of carbonyl (C=O) groups excluding carboxylic acids is 2. The Kier molecular flexibility index (Phi) is 9.81. The average molecular weight is 700 g/mol. The van der Waals surface area contributed by atoms with E-state index in [1.54, 1.807) is 12.4 Å². The highest BCUT2D eigenvalue weighted by Crippen LogP contribution is 2.40. The Labute approximate surface area is 283 Å². The number of halogens is 4. The first-order valence-corrected chi connectivity index (χ1v) is 16.1. The van der Waals surface area contributed by atoms with Crippen molar-refractivity contribution in [2.75, 3.05) is 44.2 Å². The number of rotatable bonds is 7. The van der Waals surface area contributed by atoms with Crippen molar-refractivity contribution in [1.29, 1.82) is 0 Å². The molecule has 0 radical (unpaired) electrons. The monoisotopic (exact) mass is 699 g/mol. The number of ether oxygens (including phenoxy) is 1. The molecule has 0 bridgehead atoms. The van der Waals surface area contributed by atoms with Crippen LogP contribution in [0.1, 0.15) is 30.0 Å². The Hall–Kier alpha value is -5.05. The molecule has 2 fully saturated rings. The fourth-order valence-electron chi connectivity index (χ4n) is 6.13. The lowest BCUT2D eigenvalue weighted by molar-refractivity contribution is -0.141. The molecular formula is C33H33ClF3N7O5. The molecule has 0 aliphatic carbocycles. The lowest BCUT2D eigenvalue weighted by atomic mass is 10.0. The molecule has 258 valence electrons. The van der Waals surface area contributed by atoms with Gasteiger partial charge in [0.1, 0.15) is 5.75 Å². The fraction of sp³-hybridized carbons (Fsp3) is 0.364. The molecular weight excluding hydrogens is 667 g/mol. The average Bonchev–Trinajstić information content (AvgIpc) is 3.51. The number of phenols is 1. The Morgan fingerprint density at radius 2 is 1.65 bits per heavy atom. The van der Waals surface area contributed by atoms with Gasteiger partial charge in [0.15, 0.2) is 11.9 Å². The number of aromatic amines is 1. The second kappa shape index (κ2) is 14.2. The zero-order chi connectivity index (χ0) is 34.7. The summed E-state index contributed by atoms with van der Waals surface area (Å²) >= 11 is 5.95. The van der Waals surface area contributed by atoms with E-state index in [4.69, 9.17) is 16.3 Å². The number of hydrogen-bond donors (Lipinski definition) is 2. The van der Waals surface area contributed by atoms with E-state index >= 15 is 0 Å². The van der Waals surface area contributed by atoms with Crippen LogP contribution in [0, 0.1) is 0 Å². The summed E-state index contributed by atoms with van der Waals surface area (Å²) in [4.78, 5) is 51.8. The summed E-state index contributed by atoms with van der Waals surface area (Å²) in [5.41, 5.74) is -0.0844. The van der Waals surface area contributed by atoms with Gasteiger partial charge < -0.3 is 24.5 Å². The second-order valence-corrected chi connectivity index (χ2v) is 12.3. The summed E-state index contributed by atoms with van der Waals surface area (Å²) in [5, 5.41) is 13.9. The zero-order valence-corrected chi connectivity index (χ0v) is 26.9. The van der Waals surface area contributed by atoms with E-state index in [2.05, 4.69) is 20.0 Å². The topological polar surface area (TPSA) is 137 Å². The van der Waals surface area contributed by atoms with E-state index < -0.39 is 47.0 Å². The minimum Gasteiger partial charge on any atom is -0.506 e. The first kappa shape index (κ1) is 33.8. The number of amides is 2. The number of piperidine rings is 1. The summed E-state index contributed by atoms with van der Waals surface area (Å²) in [6, 6.07) is 14.4. The van der Waals surface area contributed by atoms with Gasteiger partial charge in [-0.2, -0.15) is 13.2 Å². The number of benzene rings is 2. The SMILES string of the molecule is O=C(O[C@H](Cc1cc(Cl)c(O)c(C(F)(F)F)c1)C(=O)N1CCN(c2ccncc2)CC1)N1CCC(n2nc(-c3ccccc3)[nH]c2=O)CC1. The number of nitrogens with zero attached hydrogens (tertiary/aromatic N) is 6. The largest absolute Gasteiger partial charge is 0.506 e. The van der Waals surface area contributed by atoms with Gasteiger partial charge in [0, 0.05) is 69.3 Å². The summed E-state index contributed by atoms with van der Waals surface area (Å²) in [6.45, 7) is 1.91.